The van der Waals surface area contributed by atoms with E-state index in [1.807, 2.05) is 6.07 Å². The highest BCUT2D eigenvalue weighted by molar-refractivity contribution is 5.51. The molecule has 0 bridgehead atoms. The molecular weight excluding hydrogens is 384 g/mol. The van der Waals surface area contributed by atoms with Crippen LogP contribution in [-0.2, 0) is 0 Å². The van der Waals surface area contributed by atoms with Gasteiger partial charge in [0.05, 0.1) is 13.7 Å². The number of methoxy groups -OCH3 is 1. The lowest BCUT2D eigenvalue weighted by atomic mass is 9.81. The van der Waals surface area contributed by atoms with Crippen molar-refractivity contribution in [3.63, 3.8) is 0 Å². The Morgan fingerprint density at radius 3 is 2.71 bits per heavy atom. The van der Waals surface area contributed by atoms with E-state index in [0.717, 1.165) is 37.6 Å². The number of hydrogen-bond donors (Lipinski definition) is 0. The topological polar surface area (TPSA) is 24.9 Å². The Bertz CT molecular complexity index is 877. The van der Waals surface area contributed by atoms with E-state index in [0.29, 0.717) is 12.0 Å². The largest absolute Gasteiger partial charge is 0.497 e. The molecule has 0 saturated carbocycles. The molecular formula is C27H36N2O2. The van der Waals surface area contributed by atoms with Crippen LogP contribution in [-0.4, -0.2) is 56.2 Å². The molecule has 31 heavy (non-hydrogen) atoms. The normalized spacial score (nSPS) is 23.9. The minimum absolute atomic E-state index is 0.331. The van der Waals surface area contributed by atoms with Crippen molar-refractivity contribution in [3.05, 3.63) is 59.2 Å². The summed E-state index contributed by atoms with van der Waals surface area (Å²) in [4.78, 5) is 5.27. The van der Waals surface area contributed by atoms with Crippen LogP contribution >= 0.6 is 0 Å². The van der Waals surface area contributed by atoms with Gasteiger partial charge >= 0.3 is 0 Å². The molecule has 5 rings (SSSR count). The molecule has 0 N–H and O–H groups in total. The number of likely N-dealkylation sites (tertiary alicyclic amines) is 1. The summed E-state index contributed by atoms with van der Waals surface area (Å²) in [5.41, 5.74) is 4.22. The Morgan fingerprint density at radius 1 is 0.968 bits per heavy atom. The summed E-state index contributed by atoms with van der Waals surface area (Å²) in [6.07, 6.45) is 7.75. The Kier molecular flexibility index (Phi) is 6.47. The van der Waals surface area contributed by atoms with Gasteiger partial charge in [0.15, 0.2) is 0 Å². The number of piperidine rings is 1. The number of fused-ring (bicyclic) bond motifs is 3. The van der Waals surface area contributed by atoms with Gasteiger partial charge in [-0.25, -0.2) is 0 Å². The van der Waals surface area contributed by atoms with E-state index in [9.17, 15) is 0 Å². The molecule has 4 heteroatoms. The summed E-state index contributed by atoms with van der Waals surface area (Å²) < 4.78 is 12.0. The van der Waals surface area contributed by atoms with Gasteiger partial charge in [0.2, 0.25) is 0 Å². The van der Waals surface area contributed by atoms with Crippen LogP contribution < -0.4 is 9.47 Å². The second-order valence-electron chi connectivity index (χ2n) is 9.35. The lowest BCUT2D eigenvalue weighted by molar-refractivity contribution is 0.200. The molecule has 0 amide bonds. The minimum atomic E-state index is 0.331. The first-order chi connectivity index (χ1) is 15.3. The van der Waals surface area contributed by atoms with E-state index in [4.69, 9.17) is 9.47 Å². The quantitative estimate of drug-likeness (QED) is 0.573. The van der Waals surface area contributed by atoms with Gasteiger partial charge in [-0.05, 0) is 81.1 Å². The molecule has 4 nitrogen and oxygen atoms in total. The smallest absolute Gasteiger partial charge is 0.123 e. The maximum absolute atomic E-state index is 6.48. The van der Waals surface area contributed by atoms with Gasteiger partial charge in [-0.1, -0.05) is 30.7 Å². The van der Waals surface area contributed by atoms with Crippen LogP contribution in [0.4, 0.5) is 0 Å². The molecule has 3 heterocycles. The second kappa shape index (κ2) is 9.62. The van der Waals surface area contributed by atoms with Crippen molar-refractivity contribution in [2.24, 2.45) is 0 Å². The van der Waals surface area contributed by atoms with Crippen LogP contribution in [0.5, 0.6) is 11.5 Å². The minimum Gasteiger partial charge on any atom is -0.497 e. The Labute approximate surface area is 187 Å². The maximum atomic E-state index is 6.48. The van der Waals surface area contributed by atoms with Crippen molar-refractivity contribution in [1.82, 2.24) is 9.80 Å². The van der Waals surface area contributed by atoms with E-state index in [1.165, 1.54) is 68.4 Å². The molecule has 3 aliphatic heterocycles. The highest BCUT2D eigenvalue weighted by Gasteiger charge is 2.38. The third kappa shape index (κ3) is 4.47. The monoisotopic (exact) mass is 420 g/mol. The molecule has 2 atom stereocenters. The predicted molar refractivity (Wildman–Crippen MR) is 125 cm³/mol. The summed E-state index contributed by atoms with van der Waals surface area (Å²) in [6.45, 7) is 6.74. The molecule has 2 aromatic rings. The summed E-state index contributed by atoms with van der Waals surface area (Å²) >= 11 is 0. The molecule has 0 radical (unpaired) electrons. The molecule has 2 unspecified atom stereocenters. The molecule has 166 valence electrons. The van der Waals surface area contributed by atoms with E-state index in [-0.39, 0.29) is 0 Å². The van der Waals surface area contributed by atoms with Gasteiger partial charge in [-0.3, -0.25) is 4.90 Å². The first-order valence-corrected chi connectivity index (χ1v) is 12.2. The summed E-state index contributed by atoms with van der Waals surface area (Å²) in [5, 5.41) is 0. The fourth-order valence-electron chi connectivity index (χ4n) is 5.86. The number of nitrogens with zero attached hydrogens (tertiary/aromatic N) is 2. The SMILES string of the molecule is COc1cccc(C2CN3CCCC3c3cccc(OCCCN4CCCCC4)c32)c1. The average molecular weight is 421 g/mol. The molecule has 3 aliphatic rings. The molecule has 0 aliphatic carbocycles. The highest BCUT2D eigenvalue weighted by atomic mass is 16.5. The van der Waals surface area contributed by atoms with Gasteiger partial charge < -0.3 is 14.4 Å². The first-order valence-electron chi connectivity index (χ1n) is 12.2. The van der Waals surface area contributed by atoms with Crippen LogP contribution in [0.2, 0.25) is 0 Å². The zero-order chi connectivity index (χ0) is 21.0. The molecule has 0 spiro atoms. The third-order valence-corrected chi connectivity index (χ3v) is 7.41. The lowest BCUT2D eigenvalue weighted by Crippen LogP contribution is -2.35. The number of hydrogen-bond acceptors (Lipinski definition) is 4. The summed E-state index contributed by atoms with van der Waals surface area (Å²) in [6, 6.07) is 15.9. The van der Waals surface area contributed by atoms with E-state index in [1.54, 1.807) is 7.11 Å². The van der Waals surface area contributed by atoms with Gasteiger partial charge in [0, 0.05) is 30.6 Å². The molecule has 2 fully saturated rings. The van der Waals surface area contributed by atoms with Crippen LogP contribution in [0.3, 0.4) is 0 Å². The van der Waals surface area contributed by atoms with E-state index < -0.39 is 0 Å². The van der Waals surface area contributed by atoms with Crippen molar-refractivity contribution in [2.75, 3.05) is 46.4 Å². The lowest BCUT2D eigenvalue weighted by Gasteiger charge is -2.38. The zero-order valence-corrected chi connectivity index (χ0v) is 18.9. The Balaban J connectivity index is 1.38. The van der Waals surface area contributed by atoms with Crippen LogP contribution in [0.1, 0.15) is 67.2 Å². The predicted octanol–water partition coefficient (Wildman–Crippen LogP) is 5.23. The molecule has 0 aromatic heterocycles. The van der Waals surface area contributed by atoms with Crippen molar-refractivity contribution in [2.45, 2.75) is 50.5 Å². The Hall–Kier alpha value is -2.04. The van der Waals surface area contributed by atoms with Crippen molar-refractivity contribution in [3.8, 4) is 11.5 Å². The van der Waals surface area contributed by atoms with Crippen LogP contribution in [0, 0.1) is 0 Å². The van der Waals surface area contributed by atoms with Crippen molar-refractivity contribution < 1.29 is 9.47 Å². The number of rotatable bonds is 7. The van der Waals surface area contributed by atoms with Crippen molar-refractivity contribution >= 4 is 0 Å². The zero-order valence-electron chi connectivity index (χ0n) is 18.9. The van der Waals surface area contributed by atoms with Gasteiger partial charge in [0.25, 0.3) is 0 Å². The van der Waals surface area contributed by atoms with E-state index >= 15 is 0 Å². The van der Waals surface area contributed by atoms with Gasteiger partial charge in [0.1, 0.15) is 11.5 Å². The van der Waals surface area contributed by atoms with E-state index in [2.05, 4.69) is 46.2 Å². The van der Waals surface area contributed by atoms with Crippen LogP contribution in [0.25, 0.3) is 0 Å². The van der Waals surface area contributed by atoms with Crippen LogP contribution in [0.15, 0.2) is 42.5 Å². The first kappa shape index (κ1) is 20.8. The standard InChI is InChI=1S/C27H36N2O2/c1-30-22-10-5-9-21(19-22)24-20-29-17-7-12-25(29)23-11-6-13-26(27(23)24)31-18-8-16-28-14-3-2-4-15-28/h5-6,9-11,13,19,24-25H,2-4,7-8,12,14-18,20H2,1H3. The molecule has 2 aromatic carbocycles. The molecule has 2 saturated heterocycles. The number of ether oxygens (including phenoxy) is 2. The average Bonchev–Trinajstić information content (AvgIpc) is 3.31. The fourth-order valence-corrected chi connectivity index (χ4v) is 5.86. The van der Waals surface area contributed by atoms with Gasteiger partial charge in [-0.15, -0.1) is 0 Å². The highest BCUT2D eigenvalue weighted by Crippen LogP contribution is 2.47. The fraction of sp³-hybridized carbons (Fsp3) is 0.556. The third-order valence-electron chi connectivity index (χ3n) is 7.41. The summed E-state index contributed by atoms with van der Waals surface area (Å²) in [5.74, 6) is 2.36. The van der Waals surface area contributed by atoms with Crippen molar-refractivity contribution in [1.29, 1.82) is 0 Å². The Morgan fingerprint density at radius 2 is 1.84 bits per heavy atom. The summed E-state index contributed by atoms with van der Waals surface area (Å²) in [7, 11) is 1.75. The number of benzene rings is 2. The van der Waals surface area contributed by atoms with Gasteiger partial charge in [-0.2, -0.15) is 0 Å². The maximum Gasteiger partial charge on any atom is 0.123 e. The second-order valence-corrected chi connectivity index (χ2v) is 9.35.